The van der Waals surface area contributed by atoms with E-state index in [1.807, 2.05) is 0 Å². The summed E-state index contributed by atoms with van der Waals surface area (Å²) in [6, 6.07) is 0.777. The van der Waals surface area contributed by atoms with Crippen LogP contribution in [0.4, 0.5) is 8.78 Å². The van der Waals surface area contributed by atoms with E-state index >= 15 is 0 Å². The number of halogens is 2. The average Bonchev–Trinajstić information content (AvgIpc) is 2.64. The Labute approximate surface area is 164 Å². The largest absolute Gasteiger partial charge is 0.352 e. The van der Waals surface area contributed by atoms with E-state index in [1.54, 1.807) is 13.8 Å². The molecule has 1 aliphatic carbocycles. The Morgan fingerprint density at radius 2 is 2.11 bits per heavy atom. The van der Waals surface area contributed by atoms with Gasteiger partial charge in [0.25, 0.3) is 0 Å². The minimum Gasteiger partial charge on any atom is -0.352 e. The van der Waals surface area contributed by atoms with Gasteiger partial charge in [-0.05, 0) is 39.5 Å². The average molecular weight is 394 g/mol. The summed E-state index contributed by atoms with van der Waals surface area (Å²) in [4.78, 5) is 24.9. The van der Waals surface area contributed by atoms with Crippen LogP contribution in [0.1, 0.15) is 46.0 Å². The molecule has 3 N–H and O–H groups in total. The molecule has 6 nitrogen and oxygen atoms in total. The van der Waals surface area contributed by atoms with Crippen molar-refractivity contribution >= 4 is 11.8 Å². The summed E-state index contributed by atoms with van der Waals surface area (Å²) in [6.45, 7) is 3.82. The van der Waals surface area contributed by atoms with Gasteiger partial charge in [-0.25, -0.2) is 8.78 Å². The number of amides is 2. The minimum atomic E-state index is -1.23. The van der Waals surface area contributed by atoms with E-state index in [0.29, 0.717) is 24.1 Å². The molecule has 0 spiro atoms. The molecule has 2 amide bonds. The second-order valence-corrected chi connectivity index (χ2v) is 8.26. The first-order valence-corrected chi connectivity index (χ1v) is 10.0. The van der Waals surface area contributed by atoms with E-state index in [4.69, 9.17) is 5.26 Å². The van der Waals surface area contributed by atoms with Crippen LogP contribution < -0.4 is 16.0 Å². The first-order valence-electron chi connectivity index (χ1n) is 10.0. The second-order valence-electron chi connectivity index (χ2n) is 8.26. The van der Waals surface area contributed by atoms with E-state index in [1.165, 1.54) is 0 Å². The number of fused-ring (bicyclic) bond motifs is 1. The maximum atomic E-state index is 14.4. The maximum absolute atomic E-state index is 14.4. The normalized spacial score (nSPS) is 36.8. The number of piperidine rings is 1. The fraction of sp³-hybridized carbons (Fsp3) is 0.750. The van der Waals surface area contributed by atoms with Crippen LogP contribution in [0, 0.1) is 23.2 Å². The fourth-order valence-corrected chi connectivity index (χ4v) is 4.79. The highest BCUT2D eigenvalue weighted by atomic mass is 19.1. The first-order chi connectivity index (χ1) is 13.3. The van der Waals surface area contributed by atoms with Crippen molar-refractivity contribution in [2.24, 2.45) is 11.8 Å². The van der Waals surface area contributed by atoms with Gasteiger partial charge in [-0.3, -0.25) is 9.59 Å². The van der Waals surface area contributed by atoms with Gasteiger partial charge in [0.15, 0.2) is 0 Å². The molecular weight excluding hydrogens is 366 g/mol. The van der Waals surface area contributed by atoms with Crippen LogP contribution >= 0.6 is 0 Å². The van der Waals surface area contributed by atoms with E-state index in [-0.39, 0.29) is 36.6 Å². The molecule has 1 saturated heterocycles. The molecule has 3 aliphatic rings. The molecule has 6 unspecified atom stereocenters. The molecule has 0 radical (unpaired) electrons. The van der Waals surface area contributed by atoms with Crippen molar-refractivity contribution in [3.8, 4) is 6.07 Å². The second kappa shape index (κ2) is 8.56. The molecule has 1 saturated carbocycles. The van der Waals surface area contributed by atoms with Crippen LogP contribution in [0.2, 0.25) is 0 Å². The molecule has 0 aromatic rings. The summed E-state index contributed by atoms with van der Waals surface area (Å²) in [5.74, 6) is -1.44. The van der Waals surface area contributed by atoms with Gasteiger partial charge >= 0.3 is 0 Å². The van der Waals surface area contributed by atoms with E-state index < -0.39 is 30.3 Å². The number of nitrogens with one attached hydrogen (secondary N) is 3. The minimum absolute atomic E-state index is 0.141. The molecule has 3 rings (SSSR count). The van der Waals surface area contributed by atoms with Crippen molar-refractivity contribution in [1.82, 2.24) is 16.0 Å². The monoisotopic (exact) mass is 394 g/mol. The van der Waals surface area contributed by atoms with E-state index in [2.05, 4.69) is 22.0 Å². The summed E-state index contributed by atoms with van der Waals surface area (Å²) in [5.41, 5.74) is 0.966. The third-order valence-electron chi connectivity index (χ3n) is 6.33. The van der Waals surface area contributed by atoms with Crippen LogP contribution in [-0.4, -0.2) is 48.8 Å². The number of nitrogens with zero attached hydrogens (tertiary/aromatic N) is 1. The van der Waals surface area contributed by atoms with Crippen LogP contribution in [0.5, 0.6) is 0 Å². The molecule has 0 bridgehead atoms. The third-order valence-corrected chi connectivity index (χ3v) is 6.33. The van der Waals surface area contributed by atoms with Gasteiger partial charge in [0.1, 0.15) is 12.3 Å². The highest BCUT2D eigenvalue weighted by Crippen LogP contribution is 2.37. The Hall–Kier alpha value is -2.01. The van der Waals surface area contributed by atoms with Gasteiger partial charge in [-0.15, -0.1) is 0 Å². The van der Waals surface area contributed by atoms with Gasteiger partial charge in [0, 0.05) is 30.1 Å². The predicted molar refractivity (Wildman–Crippen MR) is 99.5 cm³/mol. The summed E-state index contributed by atoms with van der Waals surface area (Å²) in [5, 5.41) is 17.5. The Kier molecular flexibility index (Phi) is 6.33. The molecule has 2 heterocycles. The zero-order valence-electron chi connectivity index (χ0n) is 16.3. The molecule has 0 aromatic heterocycles. The molecule has 2 aliphatic heterocycles. The zero-order chi connectivity index (χ0) is 20.4. The molecule has 28 heavy (non-hydrogen) atoms. The Bertz CT molecular complexity index is 705. The quantitative estimate of drug-likeness (QED) is 0.676. The molecule has 2 fully saturated rings. The molecule has 0 aromatic carbocycles. The maximum Gasteiger partial charge on any atom is 0.247 e. The highest BCUT2D eigenvalue weighted by molar-refractivity contribution is 6.00. The number of nitriles is 1. The number of alkyl halides is 2. The lowest BCUT2D eigenvalue weighted by atomic mass is 9.74. The Morgan fingerprint density at radius 1 is 1.36 bits per heavy atom. The topological polar surface area (TPSA) is 94.0 Å². The van der Waals surface area contributed by atoms with Crippen LogP contribution in [0.25, 0.3) is 0 Å². The van der Waals surface area contributed by atoms with E-state index in [9.17, 15) is 18.4 Å². The molecule has 8 heteroatoms. The van der Waals surface area contributed by atoms with Crippen molar-refractivity contribution < 1.29 is 18.4 Å². The Morgan fingerprint density at radius 3 is 2.79 bits per heavy atom. The van der Waals surface area contributed by atoms with Gasteiger partial charge in [0.2, 0.25) is 11.8 Å². The van der Waals surface area contributed by atoms with Crippen molar-refractivity contribution in [3.63, 3.8) is 0 Å². The number of hydrogen-bond donors (Lipinski definition) is 3. The van der Waals surface area contributed by atoms with Crippen molar-refractivity contribution in [2.45, 2.75) is 76.4 Å². The van der Waals surface area contributed by atoms with Crippen molar-refractivity contribution in [2.75, 3.05) is 6.54 Å². The predicted octanol–water partition coefficient (Wildman–Crippen LogP) is 1.67. The number of rotatable bonds is 4. The van der Waals surface area contributed by atoms with Gasteiger partial charge in [-0.1, -0.05) is 5.57 Å². The third kappa shape index (κ3) is 4.19. The lowest BCUT2D eigenvalue weighted by Gasteiger charge is -2.40. The summed E-state index contributed by atoms with van der Waals surface area (Å²) in [6.07, 6.45) is -0.287. The number of carbonyl (C=O) groups is 2. The van der Waals surface area contributed by atoms with Crippen LogP contribution in [0.15, 0.2) is 11.1 Å². The van der Waals surface area contributed by atoms with Gasteiger partial charge < -0.3 is 16.0 Å². The summed E-state index contributed by atoms with van der Waals surface area (Å²) < 4.78 is 28.7. The highest BCUT2D eigenvalue weighted by Gasteiger charge is 2.41. The van der Waals surface area contributed by atoms with E-state index in [0.717, 1.165) is 12.8 Å². The van der Waals surface area contributed by atoms with Crippen LogP contribution in [-0.2, 0) is 9.59 Å². The summed E-state index contributed by atoms with van der Waals surface area (Å²) in [7, 11) is 0. The molecule has 154 valence electrons. The smallest absolute Gasteiger partial charge is 0.247 e. The SMILES string of the molecule is CC1=C(CC(=O)N[C@H](C)C2NCC(C#N)CC2F)C(=O)NC2CCCC(F)C12. The van der Waals surface area contributed by atoms with Gasteiger partial charge in [-0.2, -0.15) is 5.26 Å². The Balaban J connectivity index is 1.63. The molecular formula is C20H28F2N4O2. The first kappa shape index (κ1) is 20.7. The molecule has 7 atom stereocenters. The summed E-state index contributed by atoms with van der Waals surface area (Å²) >= 11 is 0. The van der Waals surface area contributed by atoms with Crippen LogP contribution in [0.3, 0.4) is 0 Å². The van der Waals surface area contributed by atoms with Crippen molar-refractivity contribution in [3.05, 3.63) is 11.1 Å². The van der Waals surface area contributed by atoms with Crippen molar-refractivity contribution in [1.29, 1.82) is 5.26 Å². The van der Waals surface area contributed by atoms with Gasteiger partial charge in [0.05, 0.1) is 24.4 Å². The number of carbonyl (C=O) groups excluding carboxylic acids is 2. The number of hydrogen-bond acceptors (Lipinski definition) is 4. The lowest BCUT2D eigenvalue weighted by Crippen LogP contribution is -2.57. The fourth-order valence-electron chi connectivity index (χ4n) is 4.79. The zero-order valence-corrected chi connectivity index (χ0v) is 16.3. The lowest BCUT2D eigenvalue weighted by molar-refractivity contribution is -0.125. The standard InChI is InChI=1S/C20H28F2N4O2/c1-10-13(20(28)26-16-5-3-4-14(21)18(10)16)7-17(27)25-11(2)19-15(22)6-12(8-23)9-24-19/h11-12,14-16,18-19,24H,3-7,9H2,1-2H3,(H,25,27)(H,26,28)/t11-,12?,14?,15?,16?,18?,19?/m1/s1.